The van der Waals surface area contributed by atoms with Crippen LogP contribution in [0.5, 0.6) is 5.88 Å². The molecule has 2 rings (SSSR count). The van der Waals surface area contributed by atoms with E-state index < -0.39 is 50.0 Å². The van der Waals surface area contributed by atoms with Crippen molar-refractivity contribution < 1.29 is 23.6 Å². The minimum Gasteiger partial charge on any atom is -0.477 e. The molecule has 98 valence electrons. The Labute approximate surface area is 118 Å². The molecule has 2 heterocycles. The van der Waals surface area contributed by atoms with Crippen molar-refractivity contribution in [1.82, 2.24) is 9.97 Å². The van der Waals surface area contributed by atoms with Crippen LogP contribution in [0.2, 0.25) is 0 Å². The second kappa shape index (κ2) is 4.51. The van der Waals surface area contributed by atoms with Gasteiger partial charge in [0.15, 0.2) is 0 Å². The number of nitrogens with zero attached hydrogens (tertiary/aromatic N) is 2. The van der Waals surface area contributed by atoms with Crippen LogP contribution in [0, 0.1) is 0 Å². The van der Waals surface area contributed by atoms with Gasteiger partial charge in [-0.1, -0.05) is 0 Å². The molecule has 18 heavy (non-hydrogen) atoms. The van der Waals surface area contributed by atoms with Gasteiger partial charge in [-0.3, -0.25) is 4.98 Å². The third kappa shape index (κ3) is 2.35. The van der Waals surface area contributed by atoms with Gasteiger partial charge in [-0.2, -0.15) is 0 Å². The number of ether oxygens (including phenoxy) is 1. The Balaban J connectivity index is 2.40. The summed E-state index contributed by atoms with van der Waals surface area (Å²) in [6, 6.07) is 0. The first-order valence-corrected chi connectivity index (χ1v) is 5.47. The lowest BCUT2D eigenvalue weighted by molar-refractivity contribution is 0.00578. The second-order valence-corrected chi connectivity index (χ2v) is 4.93. The summed E-state index contributed by atoms with van der Waals surface area (Å²) in [5.74, 6) is -0.651. The highest BCUT2D eigenvalue weighted by Gasteiger charge is 2.52. The summed E-state index contributed by atoms with van der Waals surface area (Å²) in [6.07, 6.45) is -1.05. The fraction of sp³-hybridized carbons (Fsp3) is 0.667. The number of rotatable bonds is 3. The molecule has 1 fully saturated rings. The van der Waals surface area contributed by atoms with Crippen molar-refractivity contribution >= 4 is 12.7 Å². The van der Waals surface area contributed by atoms with E-state index in [1.165, 1.54) is 0 Å². The minimum atomic E-state index is -3.09. The maximum Gasteiger partial charge on any atom is 0.516 e. The molecule has 0 bridgehead atoms. The SMILES string of the molecule is [2H]c1nc([2H])c(B2OC(C)(C)C(C)(C)O2)nc1OC([2H])([2H])C([2H])([2H])[2H]. The van der Waals surface area contributed by atoms with E-state index in [2.05, 4.69) is 9.97 Å². The predicted octanol–water partition coefficient (Wildman–Crippen LogP) is 1.17. The molecule has 0 atom stereocenters. The molecule has 1 aliphatic rings. The molecular formula is C12H19BN2O3. The lowest BCUT2D eigenvalue weighted by Crippen LogP contribution is -2.41. The minimum absolute atomic E-state index is 0.119. The quantitative estimate of drug-likeness (QED) is 0.761. The molecule has 0 amide bonds. The Morgan fingerprint density at radius 3 is 2.67 bits per heavy atom. The van der Waals surface area contributed by atoms with Crippen LogP contribution in [0.25, 0.3) is 0 Å². The van der Waals surface area contributed by atoms with Crippen molar-refractivity contribution in [3.05, 3.63) is 12.3 Å². The van der Waals surface area contributed by atoms with E-state index in [9.17, 15) is 0 Å². The monoisotopic (exact) mass is 257 g/mol. The van der Waals surface area contributed by atoms with Crippen LogP contribution in [0.1, 0.15) is 44.1 Å². The van der Waals surface area contributed by atoms with Gasteiger partial charge in [0.25, 0.3) is 0 Å². The lowest BCUT2D eigenvalue weighted by atomic mass is 9.85. The van der Waals surface area contributed by atoms with Gasteiger partial charge >= 0.3 is 7.12 Å². The Hall–Kier alpha value is -1.14. The first-order valence-electron chi connectivity index (χ1n) is 8.97. The van der Waals surface area contributed by atoms with E-state index in [1.807, 2.05) is 0 Å². The van der Waals surface area contributed by atoms with Crippen molar-refractivity contribution in [2.75, 3.05) is 6.56 Å². The molecule has 6 heteroatoms. The topological polar surface area (TPSA) is 53.5 Å². The van der Waals surface area contributed by atoms with Crippen LogP contribution in [0.4, 0.5) is 0 Å². The molecule has 0 radical (unpaired) electrons. The first-order chi connectivity index (χ1) is 11.1. The van der Waals surface area contributed by atoms with Gasteiger partial charge in [-0.05, 0) is 34.5 Å². The third-order valence-electron chi connectivity index (χ3n) is 3.17. The summed E-state index contributed by atoms with van der Waals surface area (Å²) >= 11 is 0. The van der Waals surface area contributed by atoms with Crippen molar-refractivity contribution in [2.24, 2.45) is 0 Å². The normalized spacial score (nSPS) is 28.2. The standard InChI is InChI=1S/C12H19BN2O3/c1-6-16-10-8-14-7-9(15-10)13-17-11(2,3)12(4,5)18-13/h7-8H,6H2,1-5H3/i1D3,6D2,7D,8D. The molecule has 0 N–H and O–H groups in total. The average molecular weight is 257 g/mol. The molecule has 1 saturated heterocycles. The van der Waals surface area contributed by atoms with Crippen molar-refractivity contribution in [3.8, 4) is 5.88 Å². The summed E-state index contributed by atoms with van der Waals surface area (Å²) in [7, 11) is -1.08. The Morgan fingerprint density at radius 1 is 1.39 bits per heavy atom. The zero-order chi connectivity index (χ0) is 19.4. The summed E-state index contributed by atoms with van der Waals surface area (Å²) in [5, 5.41) is 0. The van der Waals surface area contributed by atoms with Gasteiger partial charge < -0.3 is 14.0 Å². The molecule has 5 nitrogen and oxygen atoms in total. The lowest BCUT2D eigenvalue weighted by Gasteiger charge is -2.32. The Morgan fingerprint density at radius 2 is 2.06 bits per heavy atom. The Kier molecular flexibility index (Phi) is 1.72. The third-order valence-corrected chi connectivity index (χ3v) is 3.17. The molecule has 1 aromatic rings. The van der Waals surface area contributed by atoms with Gasteiger partial charge in [0, 0.05) is 10.3 Å². The second-order valence-electron chi connectivity index (χ2n) is 4.93. The van der Waals surface area contributed by atoms with Crippen LogP contribution in [-0.4, -0.2) is 34.8 Å². The molecule has 0 saturated carbocycles. The molecule has 0 spiro atoms. The summed E-state index contributed by atoms with van der Waals surface area (Å²) in [5.41, 5.74) is -1.54. The largest absolute Gasteiger partial charge is 0.516 e. The summed E-state index contributed by atoms with van der Waals surface area (Å²) < 4.78 is 68.3. The predicted molar refractivity (Wildman–Crippen MR) is 68.9 cm³/mol. The number of aromatic nitrogens is 2. The van der Waals surface area contributed by atoms with E-state index in [0.717, 1.165) is 0 Å². The van der Waals surface area contributed by atoms with Crippen LogP contribution in [0.3, 0.4) is 0 Å². The smallest absolute Gasteiger partial charge is 0.477 e. The van der Waals surface area contributed by atoms with Gasteiger partial charge in [0.2, 0.25) is 5.88 Å². The van der Waals surface area contributed by atoms with E-state index in [0.29, 0.717) is 0 Å². The fourth-order valence-corrected chi connectivity index (χ4v) is 1.45. The van der Waals surface area contributed by atoms with E-state index in [1.54, 1.807) is 27.7 Å². The van der Waals surface area contributed by atoms with E-state index in [-0.39, 0.29) is 5.59 Å². The van der Waals surface area contributed by atoms with Crippen LogP contribution >= 0.6 is 0 Å². The maximum atomic E-state index is 7.87. The van der Waals surface area contributed by atoms with Gasteiger partial charge in [0.1, 0.15) is 0 Å². The first kappa shape index (κ1) is 6.87. The number of hydrogen-bond donors (Lipinski definition) is 0. The van der Waals surface area contributed by atoms with Crippen molar-refractivity contribution in [3.63, 3.8) is 0 Å². The van der Waals surface area contributed by atoms with Gasteiger partial charge in [-0.25, -0.2) is 4.98 Å². The van der Waals surface area contributed by atoms with E-state index in [4.69, 9.17) is 23.6 Å². The highest BCUT2D eigenvalue weighted by Crippen LogP contribution is 2.36. The zero-order valence-electron chi connectivity index (χ0n) is 17.7. The zero-order valence-corrected chi connectivity index (χ0v) is 10.7. The molecule has 1 aliphatic heterocycles. The summed E-state index contributed by atoms with van der Waals surface area (Å²) in [4.78, 5) is 7.50. The fourth-order valence-electron chi connectivity index (χ4n) is 1.45. The van der Waals surface area contributed by atoms with Gasteiger partial charge in [0.05, 0.1) is 35.0 Å². The van der Waals surface area contributed by atoms with Crippen molar-refractivity contribution in [2.45, 2.75) is 45.7 Å². The van der Waals surface area contributed by atoms with Crippen molar-refractivity contribution in [1.29, 1.82) is 0 Å². The van der Waals surface area contributed by atoms with Crippen LogP contribution in [0.15, 0.2) is 12.3 Å². The van der Waals surface area contributed by atoms with Crippen LogP contribution < -0.4 is 10.3 Å². The molecule has 0 aliphatic carbocycles. The molecular weight excluding hydrogens is 231 g/mol. The van der Waals surface area contributed by atoms with Gasteiger partial charge in [-0.15, -0.1) is 0 Å². The Bertz CT molecular complexity index is 665. The highest BCUT2D eigenvalue weighted by atomic mass is 16.7. The molecule has 1 aromatic heterocycles. The molecule has 0 aromatic carbocycles. The van der Waals surface area contributed by atoms with Crippen LogP contribution in [-0.2, 0) is 9.31 Å². The van der Waals surface area contributed by atoms with E-state index >= 15 is 0 Å². The maximum absolute atomic E-state index is 7.87. The average Bonchev–Trinajstić information content (AvgIpc) is 2.60. The summed E-state index contributed by atoms with van der Waals surface area (Å²) in [6.45, 7) is 1.03. The molecule has 0 unspecified atom stereocenters. The highest BCUT2D eigenvalue weighted by molar-refractivity contribution is 6.61. The number of hydrogen-bond acceptors (Lipinski definition) is 5.